The Kier molecular flexibility index (Phi) is 4.57. The lowest BCUT2D eigenvalue weighted by Crippen LogP contribution is -2.41. The average Bonchev–Trinajstić information content (AvgIpc) is 2.78. The minimum Gasteiger partial charge on any atom is -0.445 e. The highest BCUT2D eigenvalue weighted by molar-refractivity contribution is 5.74. The second-order valence-electron chi connectivity index (χ2n) is 4.82. The predicted octanol–water partition coefficient (Wildman–Crippen LogP) is 0.504. The lowest BCUT2D eigenvalue weighted by molar-refractivity contribution is -0.120. The summed E-state index contributed by atoms with van der Waals surface area (Å²) in [5.74, 6) is -0.228. The van der Waals surface area contributed by atoms with Gasteiger partial charge in [-0.1, -0.05) is 30.3 Å². The van der Waals surface area contributed by atoms with Gasteiger partial charge in [0.25, 0.3) is 0 Å². The lowest BCUT2D eigenvalue weighted by atomic mass is 10.2. The fraction of sp³-hybridized carbons (Fsp3) is 0.429. The van der Waals surface area contributed by atoms with Crippen molar-refractivity contribution in [2.24, 2.45) is 0 Å². The minimum atomic E-state index is -0.761. The largest absolute Gasteiger partial charge is 0.445 e. The summed E-state index contributed by atoms with van der Waals surface area (Å²) in [4.78, 5) is 24.2. The van der Waals surface area contributed by atoms with Crippen LogP contribution in [-0.2, 0) is 16.1 Å². The van der Waals surface area contributed by atoms with Crippen LogP contribution >= 0.6 is 0 Å². The van der Waals surface area contributed by atoms with Crippen LogP contribution in [0.15, 0.2) is 30.3 Å². The monoisotopic (exact) mass is 278 g/mol. The number of carbonyl (C=O) groups is 2. The van der Waals surface area contributed by atoms with E-state index in [0.29, 0.717) is 0 Å². The molecule has 2 amide bonds. The van der Waals surface area contributed by atoms with Gasteiger partial charge in [-0.25, -0.2) is 4.79 Å². The first kappa shape index (κ1) is 14.3. The molecule has 1 aliphatic rings. The number of nitrogens with one attached hydrogen (secondary N) is 1. The molecule has 0 bridgehead atoms. The van der Waals surface area contributed by atoms with Crippen LogP contribution in [0, 0.1) is 0 Å². The Morgan fingerprint density at radius 2 is 2.05 bits per heavy atom. The first-order valence-electron chi connectivity index (χ1n) is 6.47. The first-order valence-corrected chi connectivity index (χ1v) is 6.47. The molecule has 20 heavy (non-hydrogen) atoms. The highest BCUT2D eigenvalue weighted by Gasteiger charge is 2.35. The predicted molar refractivity (Wildman–Crippen MR) is 71.8 cm³/mol. The maximum atomic E-state index is 11.9. The van der Waals surface area contributed by atoms with Crippen LogP contribution in [0.4, 0.5) is 4.79 Å². The maximum Gasteiger partial charge on any atom is 0.410 e. The van der Waals surface area contributed by atoms with Gasteiger partial charge in [-0.05, 0) is 5.56 Å². The summed E-state index contributed by atoms with van der Waals surface area (Å²) in [6.45, 7) is 1.99. The Morgan fingerprint density at radius 3 is 2.70 bits per heavy atom. The molecule has 0 spiro atoms. The van der Waals surface area contributed by atoms with Crippen molar-refractivity contribution >= 4 is 12.0 Å². The number of likely N-dealkylation sites (tertiary alicyclic amines) is 1. The van der Waals surface area contributed by atoms with Gasteiger partial charge in [0.05, 0.1) is 18.7 Å². The molecule has 1 aliphatic heterocycles. The van der Waals surface area contributed by atoms with Gasteiger partial charge in [0.2, 0.25) is 5.91 Å². The molecular formula is C14H18N2O4. The molecular weight excluding hydrogens is 260 g/mol. The van der Waals surface area contributed by atoms with Crippen LogP contribution in [0.3, 0.4) is 0 Å². The number of hydrogen-bond donors (Lipinski definition) is 2. The van der Waals surface area contributed by atoms with Crippen molar-refractivity contribution in [1.82, 2.24) is 10.2 Å². The summed E-state index contributed by atoms with van der Waals surface area (Å²) in [6.07, 6.45) is -1.25. The van der Waals surface area contributed by atoms with E-state index in [1.54, 1.807) is 0 Å². The van der Waals surface area contributed by atoms with E-state index in [4.69, 9.17) is 4.74 Å². The number of aliphatic hydroxyl groups is 1. The molecule has 2 rings (SSSR count). The van der Waals surface area contributed by atoms with E-state index in [0.717, 1.165) is 5.56 Å². The number of nitrogens with zero attached hydrogens (tertiary/aromatic N) is 1. The van der Waals surface area contributed by atoms with E-state index in [9.17, 15) is 14.7 Å². The summed E-state index contributed by atoms with van der Waals surface area (Å²) in [7, 11) is 0. The molecule has 0 aromatic heterocycles. The van der Waals surface area contributed by atoms with Crippen LogP contribution in [0.25, 0.3) is 0 Å². The van der Waals surface area contributed by atoms with Crippen LogP contribution in [0.1, 0.15) is 12.5 Å². The number of aliphatic hydroxyl groups excluding tert-OH is 1. The normalized spacial score (nSPS) is 21.6. The molecule has 0 saturated carbocycles. The van der Waals surface area contributed by atoms with Crippen molar-refractivity contribution in [1.29, 1.82) is 0 Å². The number of amides is 2. The molecule has 2 N–H and O–H groups in total. The molecule has 2 atom stereocenters. The number of carbonyl (C=O) groups excluding carboxylic acids is 2. The minimum absolute atomic E-state index is 0.165. The molecule has 108 valence electrons. The molecule has 0 aliphatic carbocycles. The van der Waals surface area contributed by atoms with Gasteiger partial charge in [-0.15, -0.1) is 0 Å². The number of ether oxygens (including phenoxy) is 1. The van der Waals surface area contributed by atoms with Gasteiger partial charge in [-0.3, -0.25) is 4.79 Å². The fourth-order valence-electron chi connectivity index (χ4n) is 2.15. The van der Waals surface area contributed by atoms with Crippen molar-refractivity contribution in [3.8, 4) is 0 Å². The van der Waals surface area contributed by atoms with Gasteiger partial charge >= 0.3 is 6.09 Å². The topological polar surface area (TPSA) is 78.9 Å². The summed E-state index contributed by atoms with van der Waals surface area (Å²) in [6, 6.07) is 8.93. The molecule has 1 heterocycles. The average molecular weight is 278 g/mol. The Labute approximate surface area is 117 Å². The van der Waals surface area contributed by atoms with Crippen molar-refractivity contribution in [2.45, 2.75) is 25.7 Å². The lowest BCUT2D eigenvalue weighted by Gasteiger charge is -2.16. The van der Waals surface area contributed by atoms with Gasteiger partial charge in [0.1, 0.15) is 6.61 Å². The smallest absolute Gasteiger partial charge is 0.410 e. The van der Waals surface area contributed by atoms with E-state index >= 15 is 0 Å². The number of benzene rings is 1. The van der Waals surface area contributed by atoms with Gasteiger partial charge < -0.3 is 20.1 Å². The van der Waals surface area contributed by atoms with Crippen molar-refractivity contribution < 1.29 is 19.4 Å². The van der Waals surface area contributed by atoms with Crippen LogP contribution in [0.2, 0.25) is 0 Å². The van der Waals surface area contributed by atoms with Crippen LogP contribution < -0.4 is 5.32 Å². The summed E-state index contributed by atoms with van der Waals surface area (Å²) < 4.78 is 5.18. The number of rotatable bonds is 3. The highest BCUT2D eigenvalue weighted by atomic mass is 16.6. The van der Waals surface area contributed by atoms with Crippen molar-refractivity contribution in [3.05, 3.63) is 35.9 Å². The van der Waals surface area contributed by atoms with Gasteiger partial charge in [0, 0.05) is 13.5 Å². The van der Waals surface area contributed by atoms with Crippen molar-refractivity contribution in [2.75, 3.05) is 13.1 Å². The van der Waals surface area contributed by atoms with E-state index < -0.39 is 18.2 Å². The van der Waals surface area contributed by atoms with E-state index in [1.165, 1.54) is 11.8 Å². The summed E-state index contributed by atoms with van der Waals surface area (Å²) >= 11 is 0. The maximum absolute atomic E-state index is 11.9. The summed E-state index contributed by atoms with van der Waals surface area (Å²) in [5.41, 5.74) is 0.902. The molecule has 6 nitrogen and oxygen atoms in total. The third kappa shape index (κ3) is 3.71. The Morgan fingerprint density at radius 1 is 1.35 bits per heavy atom. The zero-order valence-corrected chi connectivity index (χ0v) is 11.3. The third-order valence-electron chi connectivity index (χ3n) is 3.14. The number of hydrogen-bond acceptors (Lipinski definition) is 4. The Bertz CT molecular complexity index is 477. The second-order valence-corrected chi connectivity index (χ2v) is 4.82. The van der Waals surface area contributed by atoms with E-state index in [-0.39, 0.29) is 25.6 Å². The highest BCUT2D eigenvalue weighted by Crippen LogP contribution is 2.12. The van der Waals surface area contributed by atoms with Gasteiger partial charge in [-0.2, -0.15) is 0 Å². The van der Waals surface area contributed by atoms with Gasteiger partial charge in [0.15, 0.2) is 0 Å². The van der Waals surface area contributed by atoms with Crippen LogP contribution in [-0.4, -0.2) is 47.2 Å². The summed E-state index contributed by atoms with van der Waals surface area (Å²) in [5, 5.41) is 12.4. The SMILES string of the molecule is CC(=O)N[C@H]1CN(C(=O)OCc2ccccc2)C[C@@H]1O. The Balaban J connectivity index is 1.83. The molecule has 0 unspecified atom stereocenters. The van der Waals surface area contributed by atoms with Crippen LogP contribution in [0.5, 0.6) is 0 Å². The zero-order valence-electron chi connectivity index (χ0n) is 11.3. The third-order valence-corrected chi connectivity index (χ3v) is 3.14. The molecule has 1 aromatic rings. The molecule has 1 saturated heterocycles. The first-order chi connectivity index (χ1) is 9.56. The quantitative estimate of drug-likeness (QED) is 0.844. The Hall–Kier alpha value is -2.08. The fourth-order valence-corrected chi connectivity index (χ4v) is 2.15. The molecule has 0 radical (unpaired) electrons. The van der Waals surface area contributed by atoms with E-state index in [2.05, 4.69) is 5.32 Å². The molecule has 1 fully saturated rings. The molecule has 1 aromatic carbocycles. The second kappa shape index (κ2) is 6.38. The van der Waals surface area contributed by atoms with Crippen molar-refractivity contribution in [3.63, 3.8) is 0 Å². The molecule has 6 heteroatoms. The zero-order chi connectivity index (χ0) is 14.5. The van der Waals surface area contributed by atoms with E-state index in [1.807, 2.05) is 30.3 Å². The number of β-amino-alcohol motifs (C(OH)–C–C–N with tert-alkyl or cyclic N) is 1. The standard InChI is InChI=1S/C14H18N2O4/c1-10(17)15-12-7-16(8-13(12)18)14(19)20-9-11-5-3-2-4-6-11/h2-6,12-13,18H,7-9H2,1H3,(H,15,17)/t12-,13-/m0/s1.